The van der Waals surface area contributed by atoms with Crippen molar-refractivity contribution in [2.75, 3.05) is 19.8 Å². The van der Waals surface area contributed by atoms with Gasteiger partial charge in [0, 0.05) is 12.5 Å². The van der Waals surface area contributed by atoms with Gasteiger partial charge in [-0.1, -0.05) is 13.3 Å². The van der Waals surface area contributed by atoms with E-state index in [4.69, 9.17) is 10.5 Å². The molecule has 0 aromatic carbocycles. The summed E-state index contributed by atoms with van der Waals surface area (Å²) in [5.74, 6) is 0.143. The van der Waals surface area contributed by atoms with Crippen molar-refractivity contribution < 1.29 is 9.84 Å². The minimum absolute atomic E-state index is 0.143. The molecule has 0 radical (unpaired) electrons. The zero-order valence-corrected chi connectivity index (χ0v) is 9.05. The summed E-state index contributed by atoms with van der Waals surface area (Å²) in [7, 11) is 0. The van der Waals surface area contributed by atoms with Crippen LogP contribution in [0, 0.1) is 5.92 Å². The van der Waals surface area contributed by atoms with Crippen molar-refractivity contribution in [1.29, 1.82) is 0 Å². The second-order valence-electron chi connectivity index (χ2n) is 3.72. The van der Waals surface area contributed by atoms with Crippen molar-refractivity contribution >= 4 is 0 Å². The normalized spacial score (nSPS) is 18.2. The van der Waals surface area contributed by atoms with Crippen molar-refractivity contribution in [3.05, 3.63) is 0 Å². The molecule has 0 heterocycles. The Morgan fingerprint density at radius 3 is 2.46 bits per heavy atom. The minimum atomic E-state index is -0.777. The van der Waals surface area contributed by atoms with E-state index in [2.05, 4.69) is 6.92 Å². The lowest BCUT2D eigenvalue weighted by Crippen LogP contribution is -2.43. The van der Waals surface area contributed by atoms with Crippen LogP contribution in [0.25, 0.3) is 0 Å². The third kappa shape index (κ3) is 4.60. The number of aliphatic hydroxyl groups is 1. The van der Waals surface area contributed by atoms with Gasteiger partial charge in [-0.15, -0.1) is 0 Å². The second kappa shape index (κ2) is 6.35. The summed E-state index contributed by atoms with van der Waals surface area (Å²) in [4.78, 5) is 0. The van der Waals surface area contributed by atoms with Crippen LogP contribution >= 0.6 is 0 Å². The molecule has 3 heteroatoms. The second-order valence-corrected chi connectivity index (χ2v) is 3.72. The standard InChI is InChI=1S/C10H23NO2/c1-4-6-9(7-11)10(3,12)8-13-5-2/h9,12H,4-8,11H2,1-3H3. The van der Waals surface area contributed by atoms with Crippen LogP contribution in [-0.4, -0.2) is 30.5 Å². The summed E-state index contributed by atoms with van der Waals surface area (Å²) in [6.07, 6.45) is 2.00. The SMILES string of the molecule is CCCC(CN)C(C)(O)COCC. The molecule has 2 atom stereocenters. The van der Waals surface area contributed by atoms with E-state index in [9.17, 15) is 5.11 Å². The van der Waals surface area contributed by atoms with Gasteiger partial charge in [-0.05, 0) is 26.8 Å². The highest BCUT2D eigenvalue weighted by atomic mass is 16.5. The molecule has 0 aliphatic heterocycles. The first-order valence-corrected chi connectivity index (χ1v) is 5.08. The topological polar surface area (TPSA) is 55.5 Å². The Bertz CT molecular complexity index is 126. The van der Waals surface area contributed by atoms with Crippen LogP contribution in [-0.2, 0) is 4.74 Å². The van der Waals surface area contributed by atoms with E-state index in [0.29, 0.717) is 19.8 Å². The molecule has 0 saturated heterocycles. The third-order valence-corrected chi connectivity index (χ3v) is 2.40. The molecule has 2 unspecified atom stereocenters. The maximum Gasteiger partial charge on any atom is 0.0892 e. The van der Waals surface area contributed by atoms with E-state index < -0.39 is 5.60 Å². The fourth-order valence-corrected chi connectivity index (χ4v) is 1.46. The molecule has 0 spiro atoms. The van der Waals surface area contributed by atoms with Crippen LogP contribution in [0.1, 0.15) is 33.6 Å². The van der Waals surface area contributed by atoms with Crippen LogP contribution in [0.3, 0.4) is 0 Å². The molecule has 0 amide bonds. The van der Waals surface area contributed by atoms with E-state index in [-0.39, 0.29) is 5.92 Å². The number of hydrogen-bond acceptors (Lipinski definition) is 3. The molecule has 0 bridgehead atoms. The smallest absolute Gasteiger partial charge is 0.0892 e. The molecule has 0 aliphatic carbocycles. The molecular formula is C10H23NO2. The molecule has 0 aliphatic rings. The van der Waals surface area contributed by atoms with Crippen molar-refractivity contribution in [3.63, 3.8) is 0 Å². The summed E-state index contributed by atoms with van der Waals surface area (Å²) in [5, 5.41) is 10.0. The van der Waals surface area contributed by atoms with Gasteiger partial charge in [0.25, 0.3) is 0 Å². The van der Waals surface area contributed by atoms with Gasteiger partial charge in [0.1, 0.15) is 0 Å². The highest BCUT2D eigenvalue weighted by Gasteiger charge is 2.30. The van der Waals surface area contributed by atoms with Gasteiger partial charge < -0.3 is 15.6 Å². The maximum atomic E-state index is 10.0. The van der Waals surface area contributed by atoms with E-state index in [1.807, 2.05) is 6.92 Å². The summed E-state index contributed by atoms with van der Waals surface area (Å²) in [6.45, 7) is 7.36. The molecular weight excluding hydrogens is 166 g/mol. The molecule has 3 N–H and O–H groups in total. The highest BCUT2D eigenvalue weighted by Crippen LogP contribution is 2.21. The van der Waals surface area contributed by atoms with Gasteiger partial charge in [0.2, 0.25) is 0 Å². The van der Waals surface area contributed by atoms with Gasteiger partial charge in [0.05, 0.1) is 12.2 Å². The molecule has 13 heavy (non-hydrogen) atoms. The van der Waals surface area contributed by atoms with Crippen LogP contribution < -0.4 is 5.73 Å². The Balaban J connectivity index is 4.03. The monoisotopic (exact) mass is 189 g/mol. The van der Waals surface area contributed by atoms with Crippen molar-refractivity contribution in [3.8, 4) is 0 Å². The average Bonchev–Trinajstić information content (AvgIpc) is 2.10. The van der Waals surface area contributed by atoms with Crippen LogP contribution in [0.2, 0.25) is 0 Å². The summed E-state index contributed by atoms with van der Waals surface area (Å²) < 4.78 is 5.22. The minimum Gasteiger partial charge on any atom is -0.387 e. The first kappa shape index (κ1) is 12.9. The predicted molar refractivity (Wildman–Crippen MR) is 54.6 cm³/mol. The Morgan fingerprint density at radius 2 is 2.08 bits per heavy atom. The van der Waals surface area contributed by atoms with Crippen molar-refractivity contribution in [2.24, 2.45) is 11.7 Å². The fraction of sp³-hybridized carbons (Fsp3) is 1.00. The van der Waals surface area contributed by atoms with Gasteiger partial charge in [-0.3, -0.25) is 0 Å². The predicted octanol–water partition coefficient (Wildman–Crippen LogP) is 1.15. The Hall–Kier alpha value is -0.120. The number of ether oxygens (including phenoxy) is 1. The Morgan fingerprint density at radius 1 is 1.46 bits per heavy atom. The fourth-order valence-electron chi connectivity index (χ4n) is 1.46. The summed E-state index contributed by atoms with van der Waals surface area (Å²) in [6, 6.07) is 0. The van der Waals surface area contributed by atoms with Crippen molar-refractivity contribution in [1.82, 2.24) is 0 Å². The van der Waals surface area contributed by atoms with E-state index in [0.717, 1.165) is 12.8 Å². The van der Waals surface area contributed by atoms with Gasteiger partial charge in [0.15, 0.2) is 0 Å². The van der Waals surface area contributed by atoms with Crippen LogP contribution in [0.4, 0.5) is 0 Å². The van der Waals surface area contributed by atoms with Gasteiger partial charge in [-0.25, -0.2) is 0 Å². The highest BCUT2D eigenvalue weighted by molar-refractivity contribution is 4.82. The van der Waals surface area contributed by atoms with Gasteiger partial charge >= 0.3 is 0 Å². The lowest BCUT2D eigenvalue weighted by molar-refractivity contribution is -0.0695. The first-order chi connectivity index (χ1) is 6.08. The summed E-state index contributed by atoms with van der Waals surface area (Å²) >= 11 is 0. The zero-order chi connectivity index (χ0) is 10.3. The Labute approximate surface area is 81.3 Å². The molecule has 80 valence electrons. The maximum absolute atomic E-state index is 10.0. The van der Waals surface area contributed by atoms with E-state index in [1.54, 1.807) is 6.92 Å². The third-order valence-electron chi connectivity index (χ3n) is 2.40. The van der Waals surface area contributed by atoms with Crippen LogP contribution in [0.15, 0.2) is 0 Å². The van der Waals surface area contributed by atoms with Crippen molar-refractivity contribution in [2.45, 2.75) is 39.2 Å². The zero-order valence-electron chi connectivity index (χ0n) is 9.05. The van der Waals surface area contributed by atoms with E-state index in [1.165, 1.54) is 0 Å². The quantitative estimate of drug-likeness (QED) is 0.631. The number of hydrogen-bond donors (Lipinski definition) is 2. The lowest BCUT2D eigenvalue weighted by Gasteiger charge is -2.31. The largest absolute Gasteiger partial charge is 0.387 e. The average molecular weight is 189 g/mol. The molecule has 0 aromatic rings. The van der Waals surface area contributed by atoms with Gasteiger partial charge in [-0.2, -0.15) is 0 Å². The summed E-state index contributed by atoms with van der Waals surface area (Å²) in [5.41, 5.74) is 4.82. The van der Waals surface area contributed by atoms with E-state index >= 15 is 0 Å². The molecule has 0 aromatic heterocycles. The van der Waals surface area contributed by atoms with Crippen LogP contribution in [0.5, 0.6) is 0 Å². The molecule has 0 rings (SSSR count). The molecule has 0 saturated carbocycles. The number of rotatable bonds is 7. The Kier molecular flexibility index (Phi) is 6.29. The molecule has 0 fully saturated rings. The lowest BCUT2D eigenvalue weighted by atomic mass is 9.86. The molecule has 3 nitrogen and oxygen atoms in total. The number of nitrogens with two attached hydrogens (primary N) is 1. The first-order valence-electron chi connectivity index (χ1n) is 5.08.